The van der Waals surface area contributed by atoms with Gasteiger partial charge in [0.05, 0.1) is 33.8 Å². The first kappa shape index (κ1) is 24.6. The van der Waals surface area contributed by atoms with Crippen molar-refractivity contribution in [1.29, 1.82) is 0 Å². The number of anilines is 1. The number of benzene rings is 1. The van der Waals surface area contributed by atoms with Gasteiger partial charge in [0.25, 0.3) is 5.91 Å². The maximum Gasteiger partial charge on any atom is 0.296 e. The summed E-state index contributed by atoms with van der Waals surface area (Å²) in [5, 5.41) is 20.7. The summed E-state index contributed by atoms with van der Waals surface area (Å²) in [6.45, 7) is 11.5. The number of aliphatic hydroxyl groups is 1. The molecule has 3 heterocycles. The Morgan fingerprint density at radius 2 is 1.94 bits per heavy atom. The largest absolute Gasteiger partial charge is 0.503 e. The fraction of sp³-hybridized carbons (Fsp3) is 0.292. The van der Waals surface area contributed by atoms with Gasteiger partial charge in [-0.15, -0.1) is 21.5 Å². The Morgan fingerprint density at radius 3 is 2.54 bits per heavy atom. The standard InChI is InChI=1S/C24H24N4O5S2/c1-6-10-33-16-9-8-15(11-17(16)32-7-2)19-18(20(29)22-12(3)25-13(4)34-22)21(30)23(31)28(19)24-27-26-14(5)35-24/h6,8-9,11,19,30H,1,7,10H2,2-5H3. The van der Waals surface area contributed by atoms with E-state index in [2.05, 4.69) is 21.8 Å². The smallest absolute Gasteiger partial charge is 0.296 e. The third kappa shape index (κ3) is 4.56. The zero-order chi connectivity index (χ0) is 25.3. The van der Waals surface area contributed by atoms with Crippen molar-refractivity contribution in [2.75, 3.05) is 18.1 Å². The number of aromatic nitrogens is 3. The van der Waals surface area contributed by atoms with E-state index in [-0.39, 0.29) is 17.3 Å². The monoisotopic (exact) mass is 512 g/mol. The molecule has 4 rings (SSSR count). The summed E-state index contributed by atoms with van der Waals surface area (Å²) in [7, 11) is 0. The van der Waals surface area contributed by atoms with Gasteiger partial charge in [0.2, 0.25) is 10.9 Å². The predicted octanol–water partition coefficient (Wildman–Crippen LogP) is 4.67. The van der Waals surface area contributed by atoms with E-state index in [0.717, 1.165) is 0 Å². The molecule has 1 amide bonds. The van der Waals surface area contributed by atoms with Gasteiger partial charge < -0.3 is 14.6 Å². The van der Waals surface area contributed by atoms with Crippen molar-refractivity contribution in [3.05, 3.63) is 68.3 Å². The highest BCUT2D eigenvalue weighted by molar-refractivity contribution is 7.15. The molecule has 0 saturated heterocycles. The second-order valence-corrected chi connectivity index (χ2v) is 10.0. The van der Waals surface area contributed by atoms with E-state index in [0.29, 0.717) is 44.3 Å². The molecule has 1 unspecified atom stereocenters. The molecule has 0 fully saturated rings. The summed E-state index contributed by atoms with van der Waals surface area (Å²) in [4.78, 5) is 33.0. The number of Topliss-reactive ketones (excluding diaryl/α,β-unsaturated/α-hetero) is 1. The highest BCUT2D eigenvalue weighted by Crippen LogP contribution is 2.45. The molecule has 0 radical (unpaired) electrons. The zero-order valence-electron chi connectivity index (χ0n) is 19.7. The summed E-state index contributed by atoms with van der Waals surface area (Å²) in [5.74, 6) is -0.872. The topological polar surface area (TPSA) is 115 Å². The quantitative estimate of drug-likeness (QED) is 0.325. The third-order valence-corrected chi connectivity index (χ3v) is 7.13. The number of carbonyl (C=O) groups excluding carboxylic acids is 2. The number of hydrogen-bond acceptors (Lipinski definition) is 10. The lowest BCUT2D eigenvalue weighted by Crippen LogP contribution is -2.31. The van der Waals surface area contributed by atoms with Crippen molar-refractivity contribution in [3.8, 4) is 11.5 Å². The van der Waals surface area contributed by atoms with Gasteiger partial charge in [0, 0.05) is 0 Å². The molecule has 1 atom stereocenters. The normalized spacial score (nSPS) is 15.6. The molecule has 1 aliphatic heterocycles. The van der Waals surface area contributed by atoms with Crippen LogP contribution in [0.1, 0.15) is 43.9 Å². The van der Waals surface area contributed by atoms with Crippen molar-refractivity contribution in [2.45, 2.75) is 33.7 Å². The number of ketones is 1. The van der Waals surface area contributed by atoms with Crippen molar-refractivity contribution in [2.24, 2.45) is 0 Å². The molecule has 35 heavy (non-hydrogen) atoms. The van der Waals surface area contributed by atoms with Gasteiger partial charge in [-0.2, -0.15) is 0 Å². The van der Waals surface area contributed by atoms with Crippen LogP contribution in [0.2, 0.25) is 0 Å². The van der Waals surface area contributed by atoms with Crippen LogP contribution in [0.5, 0.6) is 11.5 Å². The Balaban J connectivity index is 1.88. The Kier molecular flexibility index (Phi) is 6.99. The van der Waals surface area contributed by atoms with Crippen LogP contribution in [-0.2, 0) is 4.79 Å². The maximum absolute atomic E-state index is 13.7. The molecule has 0 spiro atoms. The lowest BCUT2D eigenvalue weighted by Gasteiger charge is -2.25. The lowest BCUT2D eigenvalue weighted by atomic mass is 9.95. The van der Waals surface area contributed by atoms with E-state index in [4.69, 9.17) is 9.47 Å². The fourth-order valence-electron chi connectivity index (χ4n) is 3.83. The molecular formula is C24H24N4O5S2. The van der Waals surface area contributed by atoms with E-state index >= 15 is 0 Å². The van der Waals surface area contributed by atoms with Crippen LogP contribution < -0.4 is 14.4 Å². The van der Waals surface area contributed by atoms with Crippen LogP contribution in [0.25, 0.3) is 0 Å². The summed E-state index contributed by atoms with van der Waals surface area (Å²) >= 11 is 2.41. The summed E-state index contributed by atoms with van der Waals surface area (Å²) < 4.78 is 11.5. The zero-order valence-corrected chi connectivity index (χ0v) is 21.3. The lowest BCUT2D eigenvalue weighted by molar-refractivity contribution is -0.117. The second-order valence-electron chi connectivity index (χ2n) is 7.66. The van der Waals surface area contributed by atoms with Crippen LogP contribution in [0, 0.1) is 20.8 Å². The number of thiazole rings is 1. The van der Waals surface area contributed by atoms with Gasteiger partial charge in [-0.3, -0.25) is 14.5 Å². The first-order chi connectivity index (χ1) is 16.8. The van der Waals surface area contributed by atoms with Crippen molar-refractivity contribution < 1.29 is 24.2 Å². The molecule has 3 aromatic rings. The number of aliphatic hydroxyl groups excluding tert-OH is 1. The number of ether oxygens (including phenoxy) is 2. The van der Waals surface area contributed by atoms with Crippen molar-refractivity contribution in [3.63, 3.8) is 0 Å². The number of rotatable bonds is 9. The Labute approximate surface area is 210 Å². The fourth-order valence-corrected chi connectivity index (χ4v) is 5.42. The van der Waals surface area contributed by atoms with Gasteiger partial charge in [-0.25, -0.2) is 4.98 Å². The molecule has 1 N–H and O–H groups in total. The Hall–Kier alpha value is -3.57. The molecule has 1 aromatic carbocycles. The average Bonchev–Trinajstić information content (AvgIpc) is 3.48. The molecule has 0 saturated carbocycles. The van der Waals surface area contributed by atoms with Crippen LogP contribution >= 0.6 is 22.7 Å². The number of carbonyl (C=O) groups is 2. The summed E-state index contributed by atoms with van der Waals surface area (Å²) in [6, 6.07) is 4.20. The van der Waals surface area contributed by atoms with E-state index in [9.17, 15) is 14.7 Å². The molecule has 182 valence electrons. The first-order valence-electron chi connectivity index (χ1n) is 10.8. The van der Waals surface area contributed by atoms with E-state index in [1.165, 1.54) is 27.6 Å². The van der Waals surface area contributed by atoms with E-state index < -0.39 is 23.5 Å². The molecule has 1 aliphatic rings. The number of hydrogen-bond donors (Lipinski definition) is 1. The van der Waals surface area contributed by atoms with Crippen LogP contribution in [0.15, 0.2) is 42.2 Å². The third-order valence-electron chi connectivity index (χ3n) is 5.22. The highest BCUT2D eigenvalue weighted by atomic mass is 32.1. The summed E-state index contributed by atoms with van der Waals surface area (Å²) in [5.41, 5.74) is 1.04. The average molecular weight is 513 g/mol. The Morgan fingerprint density at radius 1 is 1.17 bits per heavy atom. The first-order valence-corrected chi connectivity index (χ1v) is 12.5. The van der Waals surface area contributed by atoms with Crippen LogP contribution in [-0.4, -0.2) is 45.2 Å². The number of amides is 1. The second kappa shape index (κ2) is 9.96. The molecule has 2 aromatic heterocycles. The highest BCUT2D eigenvalue weighted by Gasteiger charge is 2.46. The van der Waals surface area contributed by atoms with Gasteiger partial charge in [0.15, 0.2) is 17.3 Å². The number of aryl methyl sites for hydroxylation is 3. The van der Waals surface area contributed by atoms with Gasteiger partial charge in [-0.05, 0) is 45.4 Å². The molecule has 0 bridgehead atoms. The molecule has 0 aliphatic carbocycles. The van der Waals surface area contributed by atoms with Gasteiger partial charge in [-0.1, -0.05) is 30.1 Å². The SMILES string of the molecule is C=CCOc1ccc(C2C(C(=O)c3sc(C)nc3C)=C(O)C(=O)N2c2nnc(C)s2)cc1OCC. The number of nitrogens with zero attached hydrogens (tertiary/aromatic N) is 4. The van der Waals surface area contributed by atoms with Gasteiger partial charge >= 0.3 is 0 Å². The molecule has 9 nitrogen and oxygen atoms in total. The Bertz CT molecular complexity index is 1340. The minimum atomic E-state index is -0.947. The minimum absolute atomic E-state index is 0.0446. The van der Waals surface area contributed by atoms with Crippen molar-refractivity contribution >= 4 is 39.5 Å². The predicted molar refractivity (Wildman–Crippen MR) is 134 cm³/mol. The molecular weight excluding hydrogens is 488 g/mol. The minimum Gasteiger partial charge on any atom is -0.503 e. The van der Waals surface area contributed by atoms with E-state index in [1.54, 1.807) is 45.0 Å². The maximum atomic E-state index is 13.7. The van der Waals surface area contributed by atoms with Gasteiger partial charge in [0.1, 0.15) is 11.6 Å². The van der Waals surface area contributed by atoms with E-state index in [1.807, 2.05) is 6.92 Å². The van der Waals surface area contributed by atoms with Crippen molar-refractivity contribution in [1.82, 2.24) is 15.2 Å². The van der Waals surface area contributed by atoms with Crippen LogP contribution in [0.3, 0.4) is 0 Å². The summed E-state index contributed by atoms with van der Waals surface area (Å²) in [6.07, 6.45) is 1.62. The van der Waals surface area contributed by atoms with Crippen LogP contribution in [0.4, 0.5) is 5.13 Å². The molecule has 11 heteroatoms.